The van der Waals surface area contributed by atoms with E-state index in [2.05, 4.69) is 0 Å². The lowest BCUT2D eigenvalue weighted by atomic mass is 10.2. The Hall–Kier alpha value is -1.06. The molecule has 0 bridgehead atoms. The number of amides is 1. The topological polar surface area (TPSA) is 80.4 Å². The normalized spacial score (nSPS) is 8.00. The van der Waals surface area contributed by atoms with Crippen LogP contribution in [0.4, 0.5) is 0 Å². The van der Waals surface area contributed by atoms with E-state index in [-0.39, 0.29) is 11.8 Å². The fourth-order valence-electron chi connectivity index (χ4n) is 0. The standard InChI is InChI=1S/C4H9NO.C2H4O2/c1-3(2)4(5)6;1-2(3)4/h3H,1-2H3,(H2,5,6);1H3,(H,3,4). The minimum Gasteiger partial charge on any atom is -0.481 e. The van der Waals surface area contributed by atoms with Crippen LogP contribution in [0.25, 0.3) is 0 Å². The Morgan fingerprint density at radius 2 is 1.50 bits per heavy atom. The van der Waals surface area contributed by atoms with E-state index in [0.717, 1.165) is 6.92 Å². The second-order valence-corrected chi connectivity index (χ2v) is 2.08. The average molecular weight is 147 g/mol. The molecule has 4 heteroatoms. The van der Waals surface area contributed by atoms with E-state index in [0.29, 0.717) is 0 Å². The Labute approximate surface area is 60.0 Å². The zero-order valence-electron chi connectivity index (χ0n) is 6.42. The van der Waals surface area contributed by atoms with E-state index in [1.54, 1.807) is 13.8 Å². The molecule has 0 rings (SSSR count). The van der Waals surface area contributed by atoms with E-state index >= 15 is 0 Å². The van der Waals surface area contributed by atoms with Gasteiger partial charge in [-0.05, 0) is 0 Å². The zero-order chi connectivity index (χ0) is 8.73. The lowest BCUT2D eigenvalue weighted by Crippen LogP contribution is -2.17. The van der Waals surface area contributed by atoms with Gasteiger partial charge in [-0.25, -0.2) is 0 Å². The van der Waals surface area contributed by atoms with E-state index in [1.807, 2.05) is 0 Å². The first kappa shape index (κ1) is 11.7. The second-order valence-electron chi connectivity index (χ2n) is 2.08. The van der Waals surface area contributed by atoms with Crippen LogP contribution in [-0.4, -0.2) is 17.0 Å². The third-order valence-corrected chi connectivity index (χ3v) is 0.569. The van der Waals surface area contributed by atoms with Crippen molar-refractivity contribution in [2.45, 2.75) is 20.8 Å². The second kappa shape index (κ2) is 6.07. The maximum absolute atomic E-state index is 9.92. The summed E-state index contributed by atoms with van der Waals surface area (Å²) in [7, 11) is 0. The number of carbonyl (C=O) groups excluding carboxylic acids is 1. The van der Waals surface area contributed by atoms with Gasteiger partial charge in [0.1, 0.15) is 0 Å². The third-order valence-electron chi connectivity index (χ3n) is 0.569. The first-order chi connectivity index (χ1) is 4.37. The smallest absolute Gasteiger partial charge is 0.300 e. The molecule has 0 saturated carbocycles. The molecule has 60 valence electrons. The third kappa shape index (κ3) is 28.3. The average Bonchev–Trinajstić information content (AvgIpc) is 1.63. The van der Waals surface area contributed by atoms with Crippen LogP contribution in [0, 0.1) is 5.92 Å². The van der Waals surface area contributed by atoms with Crippen molar-refractivity contribution in [3.05, 3.63) is 0 Å². The molecule has 0 aliphatic carbocycles. The number of rotatable bonds is 1. The van der Waals surface area contributed by atoms with Crippen LogP contribution in [0.15, 0.2) is 0 Å². The number of hydrogen-bond donors (Lipinski definition) is 2. The molecule has 0 aromatic rings. The lowest BCUT2D eigenvalue weighted by Gasteiger charge is -1.90. The highest BCUT2D eigenvalue weighted by Gasteiger charge is 1.96. The van der Waals surface area contributed by atoms with Gasteiger partial charge in [-0.1, -0.05) is 13.8 Å². The van der Waals surface area contributed by atoms with Gasteiger partial charge in [-0.2, -0.15) is 0 Å². The van der Waals surface area contributed by atoms with Gasteiger partial charge in [0.2, 0.25) is 5.91 Å². The number of hydrogen-bond acceptors (Lipinski definition) is 2. The summed E-state index contributed by atoms with van der Waals surface area (Å²) in [6.07, 6.45) is 0. The number of carboxylic acid groups (broad SMARTS) is 1. The first-order valence-corrected chi connectivity index (χ1v) is 2.86. The number of primary amides is 1. The SMILES string of the molecule is CC(=O)O.CC(C)C(N)=O. The van der Waals surface area contributed by atoms with Gasteiger partial charge in [0.25, 0.3) is 5.97 Å². The van der Waals surface area contributed by atoms with Crippen molar-refractivity contribution in [2.75, 3.05) is 0 Å². The maximum atomic E-state index is 9.92. The fourth-order valence-corrected chi connectivity index (χ4v) is 0. The summed E-state index contributed by atoms with van der Waals surface area (Å²) < 4.78 is 0. The van der Waals surface area contributed by atoms with Gasteiger partial charge in [-0.3, -0.25) is 9.59 Å². The van der Waals surface area contributed by atoms with Crippen molar-refractivity contribution < 1.29 is 14.7 Å². The molecule has 0 aromatic heterocycles. The number of aliphatic carboxylic acids is 1. The number of carbonyl (C=O) groups is 2. The molecule has 0 aliphatic heterocycles. The van der Waals surface area contributed by atoms with E-state index in [9.17, 15) is 4.79 Å². The monoisotopic (exact) mass is 147 g/mol. The van der Waals surface area contributed by atoms with Crippen molar-refractivity contribution >= 4 is 11.9 Å². The molecule has 0 atom stereocenters. The maximum Gasteiger partial charge on any atom is 0.300 e. The van der Waals surface area contributed by atoms with Gasteiger partial charge < -0.3 is 10.8 Å². The Balaban J connectivity index is 0. The summed E-state index contributed by atoms with van der Waals surface area (Å²) in [5.41, 5.74) is 4.80. The van der Waals surface area contributed by atoms with Crippen molar-refractivity contribution in [3.8, 4) is 0 Å². The molecule has 0 saturated heterocycles. The van der Waals surface area contributed by atoms with Crippen LogP contribution in [0.5, 0.6) is 0 Å². The Kier molecular flexibility index (Phi) is 7.10. The lowest BCUT2D eigenvalue weighted by molar-refractivity contribution is -0.134. The fraction of sp³-hybridized carbons (Fsp3) is 0.667. The highest BCUT2D eigenvalue weighted by molar-refractivity contribution is 5.75. The van der Waals surface area contributed by atoms with Gasteiger partial charge in [0, 0.05) is 12.8 Å². The molecule has 0 aliphatic rings. The summed E-state index contributed by atoms with van der Waals surface area (Å²) in [4.78, 5) is 18.9. The molecular formula is C6H13NO3. The number of carboxylic acids is 1. The van der Waals surface area contributed by atoms with Crippen molar-refractivity contribution in [2.24, 2.45) is 11.7 Å². The van der Waals surface area contributed by atoms with Gasteiger partial charge >= 0.3 is 0 Å². The zero-order valence-corrected chi connectivity index (χ0v) is 6.42. The first-order valence-electron chi connectivity index (χ1n) is 2.86. The summed E-state index contributed by atoms with van der Waals surface area (Å²) in [5.74, 6) is -1.08. The Morgan fingerprint density at radius 1 is 1.40 bits per heavy atom. The summed E-state index contributed by atoms with van der Waals surface area (Å²) in [6, 6.07) is 0. The Bertz CT molecular complexity index is 116. The minimum absolute atomic E-state index is 0.00926. The van der Waals surface area contributed by atoms with Crippen LogP contribution in [0.3, 0.4) is 0 Å². The molecule has 0 radical (unpaired) electrons. The van der Waals surface area contributed by atoms with Crippen LogP contribution in [0.2, 0.25) is 0 Å². The highest BCUT2D eigenvalue weighted by atomic mass is 16.4. The molecule has 0 heterocycles. The highest BCUT2D eigenvalue weighted by Crippen LogP contribution is 1.84. The van der Waals surface area contributed by atoms with Crippen LogP contribution >= 0.6 is 0 Å². The molecule has 1 amide bonds. The number of nitrogens with two attached hydrogens (primary N) is 1. The Morgan fingerprint density at radius 3 is 1.50 bits per heavy atom. The van der Waals surface area contributed by atoms with Crippen LogP contribution in [0.1, 0.15) is 20.8 Å². The molecule has 0 spiro atoms. The van der Waals surface area contributed by atoms with Gasteiger partial charge in [-0.15, -0.1) is 0 Å². The molecule has 4 nitrogen and oxygen atoms in total. The van der Waals surface area contributed by atoms with Crippen molar-refractivity contribution in [1.29, 1.82) is 0 Å². The van der Waals surface area contributed by atoms with E-state index < -0.39 is 5.97 Å². The predicted octanol–water partition coefficient (Wildman–Crippen LogP) is 0.219. The quantitative estimate of drug-likeness (QED) is 0.556. The van der Waals surface area contributed by atoms with E-state index in [4.69, 9.17) is 15.6 Å². The molecule has 0 aromatic carbocycles. The predicted molar refractivity (Wildman–Crippen MR) is 37.3 cm³/mol. The molecule has 3 N–H and O–H groups in total. The summed E-state index contributed by atoms with van der Waals surface area (Å²) >= 11 is 0. The molecule has 0 fully saturated rings. The molecule has 0 unspecified atom stereocenters. The van der Waals surface area contributed by atoms with Crippen molar-refractivity contribution in [3.63, 3.8) is 0 Å². The summed E-state index contributed by atoms with van der Waals surface area (Å²) in [5, 5.41) is 7.42. The van der Waals surface area contributed by atoms with Gasteiger partial charge in [0.15, 0.2) is 0 Å². The minimum atomic E-state index is -0.833. The molecular weight excluding hydrogens is 134 g/mol. The van der Waals surface area contributed by atoms with Gasteiger partial charge in [0.05, 0.1) is 0 Å². The molecule has 10 heavy (non-hydrogen) atoms. The van der Waals surface area contributed by atoms with E-state index in [1.165, 1.54) is 0 Å². The van der Waals surface area contributed by atoms with Crippen molar-refractivity contribution in [1.82, 2.24) is 0 Å². The summed E-state index contributed by atoms with van der Waals surface area (Å²) in [6.45, 7) is 4.62. The van der Waals surface area contributed by atoms with Crippen LogP contribution < -0.4 is 5.73 Å². The largest absolute Gasteiger partial charge is 0.481 e. The van der Waals surface area contributed by atoms with Crippen LogP contribution in [-0.2, 0) is 9.59 Å².